The molecule has 0 aliphatic carbocycles. The molecule has 0 fully saturated rings. The van der Waals surface area contributed by atoms with E-state index >= 15 is 0 Å². The Balaban J connectivity index is 3.26. The SMILES string of the molecule is CC(C)O[B-](OC(C)C)(OC(C)C)c1ccc(C#N)cn1. The summed E-state index contributed by atoms with van der Waals surface area (Å²) in [6.07, 6.45) is 1.25. The summed E-state index contributed by atoms with van der Waals surface area (Å²) in [5, 5.41) is 8.89. The molecule has 6 heteroatoms. The highest BCUT2D eigenvalue weighted by atomic mass is 16.8. The van der Waals surface area contributed by atoms with Gasteiger partial charge in [0, 0.05) is 24.5 Å². The minimum absolute atomic E-state index is 0.0834. The van der Waals surface area contributed by atoms with Crippen LogP contribution in [-0.4, -0.2) is 30.1 Å². The summed E-state index contributed by atoms with van der Waals surface area (Å²) >= 11 is 0. The van der Waals surface area contributed by atoms with Gasteiger partial charge in [-0.25, -0.2) is 0 Å². The topological polar surface area (TPSA) is 64.4 Å². The molecule has 0 unspecified atom stereocenters. The van der Waals surface area contributed by atoms with Gasteiger partial charge in [0.25, 0.3) is 0 Å². The van der Waals surface area contributed by atoms with Crippen molar-refractivity contribution in [3.8, 4) is 6.07 Å². The van der Waals surface area contributed by atoms with Crippen LogP contribution in [0.2, 0.25) is 0 Å². The summed E-state index contributed by atoms with van der Waals surface area (Å²) in [5.41, 5.74) is 1.05. The zero-order valence-electron chi connectivity index (χ0n) is 13.7. The van der Waals surface area contributed by atoms with Crippen molar-refractivity contribution < 1.29 is 14.0 Å². The zero-order chi connectivity index (χ0) is 16.0. The molecule has 1 aromatic heterocycles. The molecular weight excluding hydrogens is 267 g/mol. The van der Waals surface area contributed by atoms with Crippen molar-refractivity contribution in [2.45, 2.75) is 59.9 Å². The van der Waals surface area contributed by atoms with Gasteiger partial charge in [-0.1, -0.05) is 6.07 Å². The smallest absolute Gasteiger partial charge is 0.428 e. The molecule has 1 rings (SSSR count). The number of nitriles is 1. The number of hydrogen-bond acceptors (Lipinski definition) is 5. The quantitative estimate of drug-likeness (QED) is 0.722. The second-order valence-corrected chi connectivity index (χ2v) is 5.78. The van der Waals surface area contributed by atoms with E-state index in [1.807, 2.05) is 47.6 Å². The molecule has 5 nitrogen and oxygen atoms in total. The van der Waals surface area contributed by atoms with Crippen LogP contribution in [0, 0.1) is 11.3 Å². The Morgan fingerprint density at radius 2 is 1.43 bits per heavy atom. The molecule has 0 saturated carbocycles. The van der Waals surface area contributed by atoms with E-state index in [-0.39, 0.29) is 18.3 Å². The van der Waals surface area contributed by atoms with Crippen LogP contribution in [0.3, 0.4) is 0 Å². The van der Waals surface area contributed by atoms with E-state index < -0.39 is 6.75 Å². The standard InChI is InChI=1S/C15H24BN2O3/c1-11(2)19-16(20-12(3)4,21-13(5)6)15-8-7-14(9-17)10-18-15/h7-8,10-13H,1-6H3/q-1. The molecule has 1 heterocycles. The molecule has 0 aliphatic heterocycles. The predicted octanol–water partition coefficient (Wildman–Crippen LogP) is 2.37. The summed E-state index contributed by atoms with van der Waals surface area (Å²) in [6, 6.07) is 5.47. The average molecular weight is 291 g/mol. The predicted molar refractivity (Wildman–Crippen MR) is 83.0 cm³/mol. The van der Waals surface area contributed by atoms with Gasteiger partial charge in [0.2, 0.25) is 0 Å². The Bertz CT molecular complexity index is 454. The summed E-state index contributed by atoms with van der Waals surface area (Å²) in [6.45, 7) is 9.39. The van der Waals surface area contributed by atoms with E-state index in [1.54, 1.807) is 12.1 Å². The van der Waals surface area contributed by atoms with Crippen LogP contribution in [0.15, 0.2) is 18.3 Å². The van der Waals surface area contributed by atoms with Gasteiger partial charge in [0.05, 0.1) is 5.56 Å². The summed E-state index contributed by atoms with van der Waals surface area (Å²) in [4.78, 5) is 4.31. The first-order chi connectivity index (χ1) is 9.79. The largest absolute Gasteiger partial charge is 0.538 e. The first-order valence-corrected chi connectivity index (χ1v) is 7.32. The number of pyridine rings is 1. The van der Waals surface area contributed by atoms with Crippen LogP contribution in [-0.2, 0) is 14.0 Å². The second kappa shape index (κ2) is 7.55. The van der Waals surface area contributed by atoms with E-state index in [1.165, 1.54) is 6.20 Å². The zero-order valence-corrected chi connectivity index (χ0v) is 13.7. The third kappa shape index (κ3) is 5.12. The molecule has 0 amide bonds. The monoisotopic (exact) mass is 291 g/mol. The molecule has 0 atom stereocenters. The van der Waals surface area contributed by atoms with Gasteiger partial charge in [-0.05, 0) is 53.2 Å². The molecule has 1 aromatic rings. The highest BCUT2D eigenvalue weighted by Crippen LogP contribution is 2.17. The summed E-state index contributed by atoms with van der Waals surface area (Å²) in [7, 11) is 0. The number of hydrogen-bond donors (Lipinski definition) is 0. The lowest BCUT2D eigenvalue weighted by Crippen LogP contribution is -2.61. The van der Waals surface area contributed by atoms with Crippen LogP contribution >= 0.6 is 0 Å². The van der Waals surface area contributed by atoms with Crippen LogP contribution < -0.4 is 5.59 Å². The maximum Gasteiger partial charge on any atom is 0.428 e. The first-order valence-electron chi connectivity index (χ1n) is 7.32. The highest BCUT2D eigenvalue weighted by Gasteiger charge is 2.36. The van der Waals surface area contributed by atoms with Gasteiger partial charge in [-0.2, -0.15) is 5.26 Å². The third-order valence-corrected chi connectivity index (χ3v) is 2.63. The molecule has 0 spiro atoms. The molecule has 0 radical (unpaired) electrons. The van der Waals surface area contributed by atoms with Gasteiger partial charge in [0.15, 0.2) is 0 Å². The van der Waals surface area contributed by atoms with Gasteiger partial charge in [-0.15, -0.1) is 0 Å². The first kappa shape index (κ1) is 17.6. The fourth-order valence-corrected chi connectivity index (χ4v) is 2.06. The summed E-state index contributed by atoms with van der Waals surface area (Å²) < 4.78 is 18.0. The number of rotatable bonds is 7. The minimum atomic E-state index is -2.16. The lowest BCUT2D eigenvalue weighted by molar-refractivity contribution is 0.0146. The Hall–Kier alpha value is -1.42. The maximum absolute atomic E-state index is 8.89. The molecule has 21 heavy (non-hydrogen) atoms. The fraction of sp³-hybridized carbons (Fsp3) is 0.600. The lowest BCUT2D eigenvalue weighted by atomic mass is 9.71. The van der Waals surface area contributed by atoms with Gasteiger partial charge >= 0.3 is 6.75 Å². The van der Waals surface area contributed by atoms with Crippen LogP contribution in [0.4, 0.5) is 0 Å². The Kier molecular flexibility index (Phi) is 6.34. The van der Waals surface area contributed by atoms with Gasteiger partial charge in [-0.3, -0.25) is 4.98 Å². The third-order valence-electron chi connectivity index (χ3n) is 2.63. The number of nitrogens with zero attached hydrogens (tertiary/aromatic N) is 2. The molecule has 0 saturated heterocycles. The van der Waals surface area contributed by atoms with Crippen molar-refractivity contribution in [1.82, 2.24) is 4.98 Å². The van der Waals surface area contributed by atoms with Crippen molar-refractivity contribution in [2.75, 3.05) is 0 Å². The summed E-state index contributed by atoms with van der Waals surface area (Å²) in [5.74, 6) is 0. The molecule has 0 N–H and O–H groups in total. The molecule has 0 bridgehead atoms. The van der Waals surface area contributed by atoms with Crippen LogP contribution in [0.1, 0.15) is 47.1 Å². The highest BCUT2D eigenvalue weighted by molar-refractivity contribution is 6.74. The number of aromatic nitrogens is 1. The van der Waals surface area contributed by atoms with E-state index in [9.17, 15) is 0 Å². The van der Waals surface area contributed by atoms with E-state index in [2.05, 4.69) is 4.98 Å². The minimum Gasteiger partial charge on any atom is -0.538 e. The second-order valence-electron chi connectivity index (χ2n) is 5.78. The van der Waals surface area contributed by atoms with Crippen molar-refractivity contribution >= 4 is 12.3 Å². The van der Waals surface area contributed by atoms with Crippen molar-refractivity contribution in [3.05, 3.63) is 23.9 Å². The molecule has 0 aliphatic rings. The Morgan fingerprint density at radius 3 is 1.71 bits per heavy atom. The normalized spacial score (nSPS) is 12.2. The molecular formula is C15H24BN2O3-. The average Bonchev–Trinajstić information content (AvgIpc) is 2.36. The Morgan fingerprint density at radius 1 is 0.952 bits per heavy atom. The Labute approximate surface area is 127 Å². The van der Waals surface area contributed by atoms with E-state index in [4.69, 9.17) is 19.2 Å². The van der Waals surface area contributed by atoms with Gasteiger partial charge in [0.1, 0.15) is 6.07 Å². The molecule has 0 aromatic carbocycles. The molecule has 116 valence electrons. The van der Waals surface area contributed by atoms with E-state index in [0.717, 1.165) is 0 Å². The fourth-order valence-electron chi connectivity index (χ4n) is 2.06. The van der Waals surface area contributed by atoms with Gasteiger partial charge < -0.3 is 14.0 Å². The van der Waals surface area contributed by atoms with E-state index in [0.29, 0.717) is 11.2 Å². The van der Waals surface area contributed by atoms with Crippen molar-refractivity contribution in [3.63, 3.8) is 0 Å². The van der Waals surface area contributed by atoms with Crippen LogP contribution in [0.25, 0.3) is 0 Å². The van der Waals surface area contributed by atoms with Crippen molar-refractivity contribution in [2.24, 2.45) is 0 Å². The van der Waals surface area contributed by atoms with Crippen molar-refractivity contribution in [1.29, 1.82) is 5.26 Å². The lowest BCUT2D eigenvalue weighted by Gasteiger charge is -2.45. The van der Waals surface area contributed by atoms with Crippen LogP contribution in [0.5, 0.6) is 0 Å². The maximum atomic E-state index is 8.89.